The van der Waals surface area contributed by atoms with Crippen LogP contribution in [0.1, 0.15) is 42.1 Å². The number of rotatable bonds is 8. The van der Waals surface area contributed by atoms with Crippen molar-refractivity contribution in [3.8, 4) is 11.5 Å². The van der Waals surface area contributed by atoms with Gasteiger partial charge in [-0.1, -0.05) is 53.8 Å². The maximum Gasteiger partial charge on any atom is 0.416 e. The molecular weight excluding hydrogens is 581 g/mol. The molecule has 5 rings (SSSR count). The number of thiazole rings is 1. The minimum absolute atomic E-state index is 0.0595. The summed E-state index contributed by atoms with van der Waals surface area (Å²) in [4.78, 5) is 31.9. The van der Waals surface area contributed by atoms with Gasteiger partial charge in [0.1, 0.15) is 18.1 Å². The highest BCUT2D eigenvalue weighted by Gasteiger charge is 2.33. The maximum absolute atomic E-state index is 13.8. The predicted molar refractivity (Wildman–Crippen MR) is 156 cm³/mol. The molecule has 7 nitrogen and oxygen atoms in total. The average molecular weight is 609 g/mol. The molecule has 0 amide bonds. The number of carbonyl (C=O) groups is 1. The molecule has 0 saturated heterocycles. The van der Waals surface area contributed by atoms with Crippen molar-refractivity contribution < 1.29 is 32.2 Å². The number of hydrogen-bond donors (Lipinski definition) is 0. The topological polar surface area (TPSA) is 79.1 Å². The molecule has 43 heavy (non-hydrogen) atoms. The number of esters is 1. The van der Waals surface area contributed by atoms with Crippen LogP contribution in [-0.2, 0) is 22.3 Å². The molecule has 11 heteroatoms. The third-order valence-electron chi connectivity index (χ3n) is 6.79. The van der Waals surface area contributed by atoms with Crippen LogP contribution in [0.15, 0.2) is 93.9 Å². The summed E-state index contributed by atoms with van der Waals surface area (Å²) in [5.41, 5.74) is 1.59. The lowest BCUT2D eigenvalue weighted by atomic mass is 9.96. The number of halogens is 3. The predicted octanol–water partition coefficient (Wildman–Crippen LogP) is 5.40. The third kappa shape index (κ3) is 6.26. The van der Waals surface area contributed by atoms with Gasteiger partial charge in [-0.3, -0.25) is 9.36 Å². The Morgan fingerprint density at radius 1 is 1.07 bits per heavy atom. The summed E-state index contributed by atoms with van der Waals surface area (Å²) in [5.74, 6) is 0.00101. The number of methoxy groups -OCH3 is 1. The van der Waals surface area contributed by atoms with Crippen molar-refractivity contribution in [3.63, 3.8) is 0 Å². The SMILES string of the molecule is CCOC(=O)C1=C(C)N=c2sc(=Cc3ccc(OC)c(COc4cccc(C(F)(F)F)c4)c3)c(=O)n2[C@@H]1c1ccccc1. The van der Waals surface area contributed by atoms with Crippen molar-refractivity contribution >= 4 is 23.4 Å². The normalized spacial score (nSPS) is 15.1. The van der Waals surface area contributed by atoms with Crippen LogP contribution in [0, 0.1) is 0 Å². The second kappa shape index (κ2) is 12.3. The average Bonchev–Trinajstić information content (AvgIpc) is 3.29. The molecule has 1 aliphatic rings. The Hall–Kier alpha value is -4.64. The zero-order chi connectivity index (χ0) is 30.7. The van der Waals surface area contributed by atoms with Gasteiger partial charge in [-0.25, -0.2) is 9.79 Å². The Labute approximate surface area is 248 Å². The first-order chi connectivity index (χ1) is 20.6. The number of hydrogen-bond acceptors (Lipinski definition) is 7. The molecule has 1 aliphatic heterocycles. The number of carbonyl (C=O) groups excluding carboxylic acids is 1. The van der Waals surface area contributed by atoms with E-state index in [1.54, 1.807) is 38.1 Å². The lowest BCUT2D eigenvalue weighted by molar-refractivity contribution is -0.139. The number of aromatic nitrogens is 1. The van der Waals surface area contributed by atoms with Crippen LogP contribution in [0.3, 0.4) is 0 Å². The number of ether oxygens (including phenoxy) is 3. The molecular formula is C32H27F3N2O5S. The van der Waals surface area contributed by atoms with Gasteiger partial charge < -0.3 is 14.2 Å². The summed E-state index contributed by atoms with van der Waals surface area (Å²) in [7, 11) is 1.48. The van der Waals surface area contributed by atoms with Crippen LogP contribution < -0.4 is 24.4 Å². The molecule has 0 saturated carbocycles. The van der Waals surface area contributed by atoms with Crippen LogP contribution in [0.25, 0.3) is 6.08 Å². The molecule has 0 N–H and O–H groups in total. The smallest absolute Gasteiger partial charge is 0.416 e. The molecule has 0 spiro atoms. The largest absolute Gasteiger partial charge is 0.496 e. The van der Waals surface area contributed by atoms with Gasteiger partial charge >= 0.3 is 12.1 Å². The summed E-state index contributed by atoms with van der Waals surface area (Å²) in [6, 6.07) is 18.3. The van der Waals surface area contributed by atoms with E-state index < -0.39 is 23.8 Å². The van der Waals surface area contributed by atoms with E-state index in [1.807, 2.05) is 30.3 Å². The molecule has 0 aliphatic carbocycles. The minimum Gasteiger partial charge on any atom is -0.496 e. The summed E-state index contributed by atoms with van der Waals surface area (Å²) in [6.07, 6.45) is -2.79. The maximum atomic E-state index is 13.8. The highest BCUT2D eigenvalue weighted by Crippen LogP contribution is 2.32. The number of fused-ring (bicyclic) bond motifs is 1. The molecule has 3 aromatic carbocycles. The first kappa shape index (κ1) is 29.8. The fraction of sp³-hybridized carbons (Fsp3) is 0.219. The molecule has 0 fully saturated rings. The monoisotopic (exact) mass is 608 g/mol. The van der Waals surface area contributed by atoms with E-state index in [2.05, 4.69) is 4.99 Å². The van der Waals surface area contributed by atoms with Gasteiger partial charge in [0.15, 0.2) is 4.80 Å². The minimum atomic E-state index is -4.49. The van der Waals surface area contributed by atoms with Crippen molar-refractivity contribution in [2.75, 3.05) is 13.7 Å². The molecule has 0 radical (unpaired) electrons. The highest BCUT2D eigenvalue weighted by molar-refractivity contribution is 7.07. The van der Waals surface area contributed by atoms with Gasteiger partial charge in [0.05, 0.1) is 41.1 Å². The van der Waals surface area contributed by atoms with Crippen LogP contribution >= 0.6 is 11.3 Å². The van der Waals surface area contributed by atoms with Gasteiger partial charge in [-0.05, 0) is 61.4 Å². The standard InChI is InChI=1S/C32H27F3N2O5S/c1-4-41-30(39)27-19(2)36-31-37(28(27)21-9-6-5-7-10-21)29(38)26(43-31)16-20-13-14-25(40-3)22(15-20)18-42-24-12-8-11-23(17-24)32(33,34)35/h5-17,28H,4,18H2,1-3H3/t28-/m1/s1. The van der Waals surface area contributed by atoms with Crippen molar-refractivity contribution in [2.45, 2.75) is 32.7 Å². The molecule has 0 unspecified atom stereocenters. The molecule has 0 bridgehead atoms. The van der Waals surface area contributed by atoms with Gasteiger partial charge in [-0.2, -0.15) is 13.2 Å². The van der Waals surface area contributed by atoms with E-state index in [9.17, 15) is 22.8 Å². The number of nitrogens with zero attached hydrogens (tertiary/aromatic N) is 2. The van der Waals surface area contributed by atoms with Crippen LogP contribution in [0.5, 0.6) is 11.5 Å². The Morgan fingerprint density at radius 2 is 1.84 bits per heavy atom. The highest BCUT2D eigenvalue weighted by atomic mass is 32.1. The summed E-state index contributed by atoms with van der Waals surface area (Å²) < 4.78 is 57.7. The number of alkyl halides is 3. The number of allylic oxidation sites excluding steroid dienone is 1. The van der Waals surface area contributed by atoms with E-state index >= 15 is 0 Å². The van der Waals surface area contributed by atoms with Gasteiger partial charge in [-0.15, -0.1) is 0 Å². The zero-order valence-corrected chi connectivity index (χ0v) is 24.3. The van der Waals surface area contributed by atoms with Crippen molar-refractivity contribution in [3.05, 3.63) is 126 Å². The molecule has 1 atom stereocenters. The summed E-state index contributed by atoms with van der Waals surface area (Å²) in [5, 5.41) is 0. The van der Waals surface area contributed by atoms with Crippen molar-refractivity contribution in [2.24, 2.45) is 4.99 Å². The Kier molecular flexibility index (Phi) is 8.54. The summed E-state index contributed by atoms with van der Waals surface area (Å²) in [6.45, 7) is 3.55. The van der Waals surface area contributed by atoms with E-state index in [4.69, 9.17) is 14.2 Å². The Balaban J connectivity index is 1.53. The van der Waals surface area contributed by atoms with E-state index in [1.165, 1.54) is 35.1 Å². The van der Waals surface area contributed by atoms with E-state index in [0.29, 0.717) is 37.5 Å². The first-order valence-corrected chi connectivity index (χ1v) is 14.1. The lowest BCUT2D eigenvalue weighted by Gasteiger charge is -2.24. The molecule has 222 valence electrons. The first-order valence-electron chi connectivity index (χ1n) is 13.3. The van der Waals surface area contributed by atoms with Crippen LogP contribution in [-0.4, -0.2) is 24.3 Å². The Morgan fingerprint density at radius 3 is 2.53 bits per heavy atom. The zero-order valence-electron chi connectivity index (χ0n) is 23.5. The van der Waals surface area contributed by atoms with Gasteiger partial charge in [0.2, 0.25) is 0 Å². The Bertz CT molecular complexity index is 1880. The second-order valence-corrected chi connectivity index (χ2v) is 10.6. The van der Waals surface area contributed by atoms with Crippen molar-refractivity contribution in [1.82, 2.24) is 4.57 Å². The fourth-order valence-corrected chi connectivity index (χ4v) is 5.86. The lowest BCUT2D eigenvalue weighted by Crippen LogP contribution is -2.39. The summed E-state index contributed by atoms with van der Waals surface area (Å²) >= 11 is 1.19. The number of benzene rings is 3. The molecule has 4 aromatic rings. The van der Waals surface area contributed by atoms with Gasteiger partial charge in [0.25, 0.3) is 5.56 Å². The van der Waals surface area contributed by atoms with Crippen molar-refractivity contribution in [1.29, 1.82) is 0 Å². The van der Waals surface area contributed by atoms with E-state index in [-0.39, 0.29) is 24.5 Å². The fourth-order valence-electron chi connectivity index (χ4n) is 4.82. The van der Waals surface area contributed by atoms with Crippen LogP contribution in [0.4, 0.5) is 13.2 Å². The van der Waals surface area contributed by atoms with Gasteiger partial charge in [0, 0.05) is 5.56 Å². The quantitative estimate of drug-likeness (QED) is 0.250. The second-order valence-electron chi connectivity index (χ2n) is 9.60. The molecule has 2 heterocycles. The van der Waals surface area contributed by atoms with E-state index in [0.717, 1.165) is 17.7 Å². The molecule has 1 aromatic heterocycles. The third-order valence-corrected chi connectivity index (χ3v) is 7.77. The van der Waals surface area contributed by atoms with Crippen LogP contribution in [0.2, 0.25) is 0 Å².